The summed E-state index contributed by atoms with van der Waals surface area (Å²) in [6.45, 7) is 0. The number of amides is 2. The van der Waals surface area contributed by atoms with E-state index in [1.54, 1.807) is 35.6 Å². The van der Waals surface area contributed by atoms with Crippen LogP contribution in [0.3, 0.4) is 0 Å². The third-order valence-corrected chi connectivity index (χ3v) is 7.07. The number of carbonyl (C=O) groups excluding carboxylic acids is 2. The first-order valence-corrected chi connectivity index (χ1v) is 12.8. The van der Waals surface area contributed by atoms with Crippen molar-refractivity contribution in [2.45, 2.75) is 6.42 Å². The maximum Gasteiger partial charge on any atom is 0.256 e. The van der Waals surface area contributed by atoms with Gasteiger partial charge in [-0.2, -0.15) is 10.2 Å². The predicted molar refractivity (Wildman–Crippen MR) is 150 cm³/mol. The molecule has 186 valence electrons. The summed E-state index contributed by atoms with van der Waals surface area (Å²) in [4.78, 5) is 26.4. The van der Waals surface area contributed by atoms with Crippen LogP contribution in [-0.2, 0) is 0 Å². The zero-order valence-electron chi connectivity index (χ0n) is 20.1. The van der Waals surface area contributed by atoms with Gasteiger partial charge in [0.1, 0.15) is 0 Å². The lowest BCUT2D eigenvalue weighted by Crippen LogP contribution is -2.12. The topological polar surface area (TPSA) is 116 Å². The van der Waals surface area contributed by atoms with Crippen LogP contribution in [0.2, 0.25) is 0 Å². The molecule has 0 aliphatic heterocycles. The number of hydrogen-bond acceptors (Lipinski definition) is 5. The number of aromatic amines is 2. The van der Waals surface area contributed by atoms with Crippen LogP contribution < -0.4 is 10.6 Å². The van der Waals surface area contributed by atoms with E-state index < -0.39 is 0 Å². The number of carbonyl (C=O) groups is 2. The normalized spacial score (nSPS) is 12.4. The summed E-state index contributed by atoms with van der Waals surface area (Å²) in [5.74, 6) is 0.471. The summed E-state index contributed by atoms with van der Waals surface area (Å²) in [5.41, 5.74) is 5.80. The first kappa shape index (κ1) is 23.4. The lowest BCUT2D eigenvalue weighted by molar-refractivity contribution is 0.101. The van der Waals surface area contributed by atoms with E-state index in [4.69, 9.17) is 0 Å². The van der Waals surface area contributed by atoms with Gasteiger partial charge in [0.15, 0.2) is 11.6 Å². The molecule has 4 N–H and O–H groups in total. The van der Waals surface area contributed by atoms with Gasteiger partial charge < -0.3 is 10.6 Å². The average Bonchev–Trinajstić information content (AvgIpc) is 3.76. The molecule has 0 spiro atoms. The lowest BCUT2D eigenvalue weighted by atomic mass is 10.0. The Bertz CT molecular complexity index is 1660. The second kappa shape index (κ2) is 10.2. The van der Waals surface area contributed by atoms with E-state index in [0.717, 1.165) is 39.4 Å². The molecule has 38 heavy (non-hydrogen) atoms. The first-order valence-electron chi connectivity index (χ1n) is 12.0. The molecule has 3 aromatic heterocycles. The van der Waals surface area contributed by atoms with Crippen molar-refractivity contribution in [1.82, 2.24) is 20.4 Å². The molecule has 5 aromatic rings. The van der Waals surface area contributed by atoms with Crippen LogP contribution in [-0.4, -0.2) is 32.2 Å². The van der Waals surface area contributed by atoms with Crippen LogP contribution in [0.5, 0.6) is 0 Å². The van der Waals surface area contributed by atoms with E-state index in [1.807, 2.05) is 66.1 Å². The van der Waals surface area contributed by atoms with Crippen molar-refractivity contribution >= 4 is 40.4 Å². The van der Waals surface area contributed by atoms with Crippen molar-refractivity contribution in [3.63, 3.8) is 0 Å². The van der Waals surface area contributed by atoms with Gasteiger partial charge in [0.25, 0.3) is 11.8 Å². The van der Waals surface area contributed by atoms with Gasteiger partial charge in [-0.25, -0.2) is 0 Å². The summed E-state index contributed by atoms with van der Waals surface area (Å²) in [6, 6.07) is 22.2. The Morgan fingerprint density at radius 2 is 1.34 bits per heavy atom. The van der Waals surface area contributed by atoms with Crippen molar-refractivity contribution in [1.29, 1.82) is 0 Å². The number of benzene rings is 2. The quantitative estimate of drug-likeness (QED) is 0.200. The third kappa shape index (κ3) is 4.95. The maximum absolute atomic E-state index is 12.7. The highest BCUT2D eigenvalue weighted by molar-refractivity contribution is 7.13. The summed E-state index contributed by atoms with van der Waals surface area (Å²) in [6.07, 6.45) is 6.95. The molecule has 0 radical (unpaired) electrons. The molecule has 0 unspecified atom stereocenters. The highest BCUT2D eigenvalue weighted by atomic mass is 32.1. The molecule has 2 aromatic carbocycles. The minimum absolute atomic E-state index is 0.235. The maximum atomic E-state index is 12.7. The first-order chi connectivity index (χ1) is 18.6. The van der Waals surface area contributed by atoms with Crippen molar-refractivity contribution in [3.8, 4) is 21.7 Å². The summed E-state index contributed by atoms with van der Waals surface area (Å²) < 4.78 is 0. The largest absolute Gasteiger partial charge is 0.305 e. The zero-order chi connectivity index (χ0) is 25.9. The van der Waals surface area contributed by atoms with E-state index in [9.17, 15) is 9.59 Å². The number of aromatic nitrogens is 4. The smallest absolute Gasteiger partial charge is 0.256 e. The second-order valence-electron chi connectivity index (χ2n) is 8.70. The fraction of sp³-hybridized carbons (Fsp3) is 0.0345. The molecule has 8 nitrogen and oxygen atoms in total. The Hall–Kier alpha value is -5.02. The van der Waals surface area contributed by atoms with Gasteiger partial charge in [-0.1, -0.05) is 48.6 Å². The lowest BCUT2D eigenvalue weighted by Gasteiger charge is -2.06. The molecule has 9 heteroatoms. The zero-order valence-corrected chi connectivity index (χ0v) is 20.9. The number of nitrogens with zero attached hydrogens (tertiary/aromatic N) is 2. The van der Waals surface area contributed by atoms with Crippen LogP contribution in [0.15, 0.2) is 96.4 Å². The van der Waals surface area contributed by atoms with E-state index >= 15 is 0 Å². The SMILES string of the molecule is O=C(Nc1cc(C2=CC=CC2)[nH]n1)c1ccc(-c2ccc(C(=O)Nc3cc(-c4cccs4)[nH]n3)cc2)cc1. The van der Waals surface area contributed by atoms with E-state index in [0.29, 0.717) is 22.8 Å². The highest BCUT2D eigenvalue weighted by Crippen LogP contribution is 2.26. The van der Waals surface area contributed by atoms with Crippen LogP contribution in [0.25, 0.3) is 27.3 Å². The molecule has 1 aliphatic rings. The van der Waals surface area contributed by atoms with Gasteiger partial charge in [0.2, 0.25) is 0 Å². The molecule has 6 rings (SSSR count). The number of allylic oxidation sites excluding steroid dienone is 4. The number of anilines is 2. The summed E-state index contributed by atoms with van der Waals surface area (Å²) in [5, 5.41) is 21.9. The molecule has 0 fully saturated rings. The average molecular weight is 519 g/mol. The van der Waals surface area contributed by atoms with E-state index in [1.165, 1.54) is 0 Å². The Morgan fingerprint density at radius 3 is 1.87 bits per heavy atom. The van der Waals surface area contributed by atoms with Crippen molar-refractivity contribution < 1.29 is 9.59 Å². The van der Waals surface area contributed by atoms with Crippen molar-refractivity contribution in [2.75, 3.05) is 10.6 Å². The Labute approximate surface area is 222 Å². The molecule has 0 saturated heterocycles. The second-order valence-corrected chi connectivity index (χ2v) is 9.65. The molecule has 2 amide bonds. The molecular weight excluding hydrogens is 496 g/mol. The van der Waals surface area contributed by atoms with Crippen LogP contribution in [0.4, 0.5) is 11.6 Å². The van der Waals surface area contributed by atoms with E-state index in [-0.39, 0.29) is 11.8 Å². The third-order valence-electron chi connectivity index (χ3n) is 6.17. The van der Waals surface area contributed by atoms with Crippen LogP contribution in [0.1, 0.15) is 32.8 Å². The Morgan fingerprint density at radius 1 is 0.763 bits per heavy atom. The highest BCUT2D eigenvalue weighted by Gasteiger charge is 2.13. The van der Waals surface area contributed by atoms with Gasteiger partial charge in [-0.05, 0) is 58.8 Å². The van der Waals surface area contributed by atoms with Gasteiger partial charge in [0.05, 0.1) is 16.3 Å². The summed E-state index contributed by atoms with van der Waals surface area (Å²) in [7, 11) is 0. The Balaban J connectivity index is 1.07. The molecule has 3 heterocycles. The van der Waals surface area contributed by atoms with Crippen LogP contribution >= 0.6 is 11.3 Å². The standard InChI is InChI=1S/C29H22N6O2S/c36-28(30-26-16-23(32-34-26)20-4-1-2-5-20)21-11-7-18(8-12-21)19-9-13-22(14-10-19)29(37)31-27-17-24(33-35-27)25-6-3-15-38-25/h1-4,6-17H,5H2,(H2,30,32,34,36)(H2,31,33,35,37). The van der Waals surface area contributed by atoms with Gasteiger partial charge >= 0.3 is 0 Å². The molecule has 0 atom stereocenters. The molecule has 0 saturated carbocycles. The van der Waals surface area contributed by atoms with Crippen molar-refractivity contribution in [2.24, 2.45) is 0 Å². The number of H-pyrrole nitrogens is 2. The minimum Gasteiger partial charge on any atom is -0.305 e. The van der Waals surface area contributed by atoms with Gasteiger partial charge in [-0.15, -0.1) is 11.3 Å². The predicted octanol–water partition coefficient (Wildman–Crippen LogP) is 6.38. The number of thiophene rings is 1. The van der Waals surface area contributed by atoms with E-state index in [2.05, 4.69) is 37.1 Å². The monoisotopic (exact) mass is 518 g/mol. The summed E-state index contributed by atoms with van der Waals surface area (Å²) >= 11 is 1.60. The van der Waals surface area contributed by atoms with Gasteiger partial charge in [-0.3, -0.25) is 19.8 Å². The molecule has 1 aliphatic carbocycles. The van der Waals surface area contributed by atoms with Crippen LogP contribution in [0, 0.1) is 0 Å². The number of hydrogen-bond donors (Lipinski definition) is 4. The number of rotatable bonds is 7. The fourth-order valence-electron chi connectivity index (χ4n) is 4.15. The molecule has 0 bridgehead atoms. The fourth-order valence-corrected chi connectivity index (χ4v) is 4.84. The minimum atomic E-state index is -0.241. The molecular formula is C29H22N6O2S. The Kier molecular flexibility index (Phi) is 6.25. The van der Waals surface area contributed by atoms with Crippen molar-refractivity contribution in [3.05, 3.63) is 113 Å². The van der Waals surface area contributed by atoms with Gasteiger partial charge in [0, 0.05) is 23.3 Å². The number of nitrogens with one attached hydrogen (secondary N) is 4.